The summed E-state index contributed by atoms with van der Waals surface area (Å²) in [4.78, 5) is 94.7. The molecule has 17 nitrogen and oxygen atoms in total. The lowest BCUT2D eigenvalue weighted by molar-refractivity contribution is -0.136. The van der Waals surface area contributed by atoms with E-state index in [1.165, 1.54) is 35.7 Å². The van der Waals surface area contributed by atoms with Gasteiger partial charge in [0.2, 0.25) is 21.8 Å². The number of hydrogen-bond donors (Lipinski definition) is 4. The smallest absolute Gasteiger partial charge is 0.262 e. The Kier molecular flexibility index (Phi) is 13.3. The number of ether oxygens (including phenoxy) is 1. The van der Waals surface area contributed by atoms with E-state index >= 15 is 0 Å². The molecular formula is C44H39N7O10S2. The number of imide groups is 2. The van der Waals surface area contributed by atoms with Crippen molar-refractivity contribution in [1.82, 2.24) is 29.8 Å². The second-order valence-electron chi connectivity index (χ2n) is 14.5. The van der Waals surface area contributed by atoms with Crippen molar-refractivity contribution in [3.8, 4) is 23.1 Å². The molecule has 1 saturated heterocycles. The van der Waals surface area contributed by atoms with Crippen molar-refractivity contribution in [1.29, 1.82) is 0 Å². The largest absolute Gasteiger partial charge is 0.374 e. The summed E-state index contributed by atoms with van der Waals surface area (Å²) in [5.41, 5.74) is 3.45. The topological polar surface area (TPSA) is 232 Å². The molecule has 0 aliphatic carbocycles. The Morgan fingerprint density at radius 2 is 1.71 bits per heavy atom. The number of fused-ring (bicyclic) bond motifs is 1. The standard InChI is InChI=1S/C44H39N7O10S2/c1-63(59,60)50-21-19-31(23-50)39(54)46-34(40(55)49-44-47-35(26-62-44)29-9-5-2-6-10-29)25-61-24-28-11-14-30(15-12-28)38(53)45-20-7-3-4-8-27-13-16-32-33(22-27)43(58)51(42(32)57)36-17-18-37(52)48-41(36)56/h2,5-6,9-16,19,21-23,26,34,36H,3,7,17-18,20,24-25H2,1H3,(H,45,53)(H,46,54)(H,47,49,55)(H,48,52,56)/t34-,36?/m0/s1. The van der Waals surface area contributed by atoms with E-state index in [4.69, 9.17) is 4.74 Å². The van der Waals surface area contributed by atoms with Crippen LogP contribution in [0, 0.1) is 11.8 Å². The Morgan fingerprint density at radius 1 is 0.952 bits per heavy atom. The van der Waals surface area contributed by atoms with Gasteiger partial charge in [-0.15, -0.1) is 11.3 Å². The van der Waals surface area contributed by atoms with E-state index in [0.717, 1.165) is 26.9 Å². The summed E-state index contributed by atoms with van der Waals surface area (Å²) in [6.07, 6.45) is 4.42. The molecule has 7 amide bonds. The first-order valence-corrected chi connectivity index (χ1v) is 22.3. The predicted molar refractivity (Wildman–Crippen MR) is 230 cm³/mol. The molecule has 0 bridgehead atoms. The molecule has 2 atom stereocenters. The van der Waals surface area contributed by atoms with Crippen LogP contribution in [0.3, 0.4) is 0 Å². The molecule has 7 rings (SSSR count). The molecule has 4 heterocycles. The highest BCUT2D eigenvalue weighted by atomic mass is 32.2. The van der Waals surface area contributed by atoms with E-state index in [2.05, 4.69) is 38.1 Å². The number of benzene rings is 3. The van der Waals surface area contributed by atoms with Crippen molar-refractivity contribution in [2.24, 2.45) is 0 Å². The summed E-state index contributed by atoms with van der Waals surface area (Å²) in [6.45, 7) is 0.117. The molecule has 4 N–H and O–H groups in total. The molecule has 2 aliphatic heterocycles. The number of carbonyl (C=O) groups excluding carboxylic acids is 7. The summed E-state index contributed by atoms with van der Waals surface area (Å²) in [5, 5.41) is 12.5. The Bertz CT molecular complexity index is 2790. The molecule has 2 aromatic heterocycles. The molecule has 0 spiro atoms. The molecule has 5 aromatic rings. The fourth-order valence-electron chi connectivity index (χ4n) is 6.65. The van der Waals surface area contributed by atoms with E-state index in [0.29, 0.717) is 46.9 Å². The zero-order valence-electron chi connectivity index (χ0n) is 33.6. The van der Waals surface area contributed by atoms with Crippen LogP contribution in [0.15, 0.2) is 96.6 Å². The maximum absolute atomic E-state index is 13.5. The number of nitrogens with zero attached hydrogens (tertiary/aromatic N) is 3. The molecule has 1 fully saturated rings. The zero-order valence-corrected chi connectivity index (χ0v) is 35.2. The number of anilines is 1. The number of hydrogen-bond acceptors (Lipinski definition) is 12. The number of amides is 7. The van der Waals surface area contributed by atoms with Crippen LogP contribution in [0.25, 0.3) is 11.3 Å². The van der Waals surface area contributed by atoms with Gasteiger partial charge in [-0.25, -0.2) is 13.4 Å². The van der Waals surface area contributed by atoms with Gasteiger partial charge in [0.25, 0.3) is 29.5 Å². The van der Waals surface area contributed by atoms with Crippen LogP contribution in [-0.4, -0.2) is 95.1 Å². The van der Waals surface area contributed by atoms with E-state index in [1.807, 2.05) is 30.3 Å². The normalized spacial score (nSPS) is 15.2. The first-order valence-electron chi connectivity index (χ1n) is 19.6. The number of unbranched alkanes of at least 4 members (excludes halogenated alkanes) is 1. The summed E-state index contributed by atoms with van der Waals surface area (Å²) in [6, 6.07) is 19.7. The Hall–Kier alpha value is -7.27. The van der Waals surface area contributed by atoms with Gasteiger partial charge in [0.15, 0.2) is 5.13 Å². The molecule has 0 radical (unpaired) electrons. The molecule has 19 heteroatoms. The number of rotatable bonds is 15. The third-order valence-corrected chi connectivity index (χ3v) is 11.7. The van der Waals surface area contributed by atoms with Gasteiger partial charge in [-0.05, 0) is 54.8 Å². The minimum Gasteiger partial charge on any atom is -0.374 e. The van der Waals surface area contributed by atoms with Crippen molar-refractivity contribution in [2.75, 3.05) is 24.7 Å². The summed E-state index contributed by atoms with van der Waals surface area (Å²) >= 11 is 1.21. The predicted octanol–water partition coefficient (Wildman–Crippen LogP) is 3.34. The minimum absolute atomic E-state index is 0.0248. The van der Waals surface area contributed by atoms with Crippen LogP contribution in [0.4, 0.5) is 5.13 Å². The SMILES string of the molecule is CS(=O)(=O)n1ccc(C(=O)N[C@@H](COCc2ccc(C(=O)NCCCC#Cc3ccc4c(c3)C(=O)N(C3CCC(=O)NC3=O)C4=O)cc2)C(=O)Nc2nc(-c3ccccc3)cs2)c1. The monoisotopic (exact) mass is 889 g/mol. The van der Waals surface area contributed by atoms with Crippen LogP contribution in [0.5, 0.6) is 0 Å². The summed E-state index contributed by atoms with van der Waals surface area (Å²) in [5.74, 6) is 2.04. The van der Waals surface area contributed by atoms with Crippen molar-refractivity contribution in [2.45, 2.75) is 44.4 Å². The van der Waals surface area contributed by atoms with Crippen molar-refractivity contribution >= 4 is 67.8 Å². The molecule has 322 valence electrons. The number of carbonyl (C=O) groups is 7. The lowest BCUT2D eigenvalue weighted by Crippen LogP contribution is -2.54. The van der Waals surface area contributed by atoms with E-state index in [-0.39, 0.29) is 48.7 Å². The second-order valence-corrected chi connectivity index (χ2v) is 17.2. The van der Waals surface area contributed by atoms with Gasteiger partial charge in [-0.2, -0.15) is 0 Å². The van der Waals surface area contributed by atoms with Gasteiger partial charge >= 0.3 is 0 Å². The third kappa shape index (κ3) is 10.6. The van der Waals surface area contributed by atoms with Crippen LogP contribution < -0.4 is 21.3 Å². The second kappa shape index (κ2) is 19.2. The Morgan fingerprint density at radius 3 is 2.44 bits per heavy atom. The van der Waals surface area contributed by atoms with Crippen LogP contribution >= 0.6 is 11.3 Å². The fraction of sp³-hybridized carbons (Fsp3) is 0.227. The molecule has 1 unspecified atom stereocenters. The number of nitrogens with one attached hydrogen (secondary N) is 4. The molecule has 2 aliphatic rings. The van der Waals surface area contributed by atoms with E-state index in [9.17, 15) is 42.0 Å². The van der Waals surface area contributed by atoms with Gasteiger partial charge < -0.3 is 20.7 Å². The molecular weight excluding hydrogens is 851 g/mol. The number of piperidine rings is 1. The number of aromatic nitrogens is 2. The van der Waals surface area contributed by atoms with Gasteiger partial charge in [0.1, 0.15) is 12.1 Å². The first-order chi connectivity index (χ1) is 30.2. The summed E-state index contributed by atoms with van der Waals surface area (Å²) < 4.78 is 30.6. The van der Waals surface area contributed by atoms with Crippen LogP contribution in [0.1, 0.15) is 78.2 Å². The molecule has 0 saturated carbocycles. The third-order valence-electron chi connectivity index (χ3n) is 9.94. The van der Waals surface area contributed by atoms with Crippen molar-refractivity contribution in [3.05, 3.63) is 130 Å². The van der Waals surface area contributed by atoms with Crippen molar-refractivity contribution in [3.63, 3.8) is 0 Å². The van der Waals surface area contributed by atoms with Crippen LogP contribution in [-0.2, 0) is 35.8 Å². The zero-order chi connectivity index (χ0) is 44.7. The molecule has 3 aromatic carbocycles. The lowest BCUT2D eigenvalue weighted by Gasteiger charge is -2.27. The van der Waals surface area contributed by atoms with Crippen LogP contribution in [0.2, 0.25) is 0 Å². The van der Waals surface area contributed by atoms with Gasteiger partial charge in [0.05, 0.1) is 41.9 Å². The highest BCUT2D eigenvalue weighted by Crippen LogP contribution is 2.28. The lowest BCUT2D eigenvalue weighted by atomic mass is 10.0. The average Bonchev–Trinajstić information content (AvgIpc) is 4.02. The quantitative estimate of drug-likeness (QED) is 0.0677. The Balaban J connectivity index is 0.883. The average molecular weight is 890 g/mol. The van der Waals surface area contributed by atoms with Gasteiger partial charge in [-0.3, -0.25) is 47.8 Å². The summed E-state index contributed by atoms with van der Waals surface area (Å²) in [7, 11) is -3.64. The first kappa shape index (κ1) is 43.8. The van der Waals surface area contributed by atoms with Gasteiger partial charge in [0, 0.05) is 53.9 Å². The maximum atomic E-state index is 13.5. The fourth-order valence-corrected chi connectivity index (χ4v) is 7.96. The minimum atomic E-state index is -3.64. The maximum Gasteiger partial charge on any atom is 0.262 e. The van der Waals surface area contributed by atoms with Crippen molar-refractivity contribution < 1.29 is 46.7 Å². The highest BCUT2D eigenvalue weighted by molar-refractivity contribution is 7.89. The molecule has 63 heavy (non-hydrogen) atoms. The van der Waals surface area contributed by atoms with E-state index < -0.39 is 57.6 Å². The van der Waals surface area contributed by atoms with Gasteiger partial charge in [-0.1, -0.05) is 54.3 Å². The number of thiazole rings is 1. The van der Waals surface area contributed by atoms with E-state index in [1.54, 1.807) is 35.7 Å². The highest BCUT2D eigenvalue weighted by Gasteiger charge is 2.44. The Labute approximate surface area is 365 Å².